The average Bonchev–Trinajstić information content (AvgIpc) is 1.56. The van der Waals surface area contributed by atoms with Crippen LogP contribution in [-0.2, 0) is 5.41 Å². The highest BCUT2D eigenvalue weighted by molar-refractivity contribution is 6.19. The fourth-order valence-corrected chi connectivity index (χ4v) is 17.9. The number of nitrogens with zero attached hydrogens (tertiary/aromatic N) is 6. The van der Waals surface area contributed by atoms with E-state index in [1.165, 1.54) is 54.8 Å². The minimum Gasteiger partial charge on any atom is -0.456 e. The van der Waals surface area contributed by atoms with Crippen LogP contribution in [0.5, 0.6) is 0 Å². The first-order valence-corrected chi connectivity index (χ1v) is 37.5. The van der Waals surface area contributed by atoms with Crippen molar-refractivity contribution in [2.24, 2.45) is 0 Å². The average molecular weight is 1410 g/mol. The Hall–Kier alpha value is -14.5. The lowest BCUT2D eigenvalue weighted by Crippen LogP contribution is -2.14. The Labute approximate surface area is 630 Å². The zero-order valence-corrected chi connectivity index (χ0v) is 59.9. The topological polar surface area (TPSA) is 84.9 Å². The molecule has 24 rings (SSSR count). The predicted octanol–water partition coefficient (Wildman–Crippen LogP) is 26.9. The highest BCUT2D eigenvalue weighted by Gasteiger charge is 2.36. The van der Waals surface area contributed by atoms with Crippen molar-refractivity contribution in [1.29, 1.82) is 0 Å². The summed E-state index contributed by atoms with van der Waals surface area (Å²) < 4.78 is 29.0. The van der Waals surface area contributed by atoms with E-state index in [-0.39, 0.29) is 5.41 Å². The number of rotatable bonds is 8. The van der Waals surface area contributed by atoms with Gasteiger partial charge in [0, 0.05) is 110 Å². The van der Waals surface area contributed by atoms with Crippen molar-refractivity contribution in [1.82, 2.24) is 28.2 Å². The van der Waals surface area contributed by atoms with Crippen molar-refractivity contribution in [2.75, 3.05) is 0 Å². The first-order valence-electron chi connectivity index (χ1n) is 37.5. The summed E-state index contributed by atoms with van der Waals surface area (Å²) in [5, 5.41) is 11.6. The van der Waals surface area contributed by atoms with Gasteiger partial charge in [-0.1, -0.05) is 238 Å². The lowest BCUT2D eigenvalue weighted by Gasteiger charge is -2.21. The van der Waals surface area contributed by atoms with E-state index < -0.39 is 0 Å². The Kier molecular flexibility index (Phi) is 13.3. The van der Waals surface area contributed by atoms with Gasteiger partial charge in [0.1, 0.15) is 45.1 Å². The molecule has 9 nitrogen and oxygen atoms in total. The number of aromatic nitrogens is 6. The van der Waals surface area contributed by atoms with Crippen LogP contribution in [-0.4, -0.2) is 28.2 Å². The summed E-state index contributed by atoms with van der Waals surface area (Å²) in [7, 11) is 0. The van der Waals surface area contributed by atoms with E-state index in [0.717, 1.165) is 167 Å². The Morgan fingerprint density at radius 3 is 1.26 bits per heavy atom. The SMILES string of the molecule is CC1(C)c2ccccc2-c2cc3c4ccccc4n(-c4ccc5oc6c(-c7ccc(-n8c(-c9ccccc9)nc9ccccc98)cc7)cccc6c5c4)c3cc21.c1ccc(-n2c(-c3ccc(-c4cccc5c4oc4ccc(-n6c7ccccc7c7cc8c(cc76)oc6ccccc68)cc45)cc3)nc3ccccc32)cc1. The van der Waals surface area contributed by atoms with Crippen LogP contribution in [0.25, 0.3) is 210 Å². The van der Waals surface area contributed by atoms with Gasteiger partial charge in [0.15, 0.2) is 0 Å². The monoisotopic (exact) mass is 1410 g/mol. The number of benzene rings is 16. The van der Waals surface area contributed by atoms with Crippen LogP contribution in [0.1, 0.15) is 25.0 Å². The fourth-order valence-electron chi connectivity index (χ4n) is 17.9. The minimum atomic E-state index is -0.0859. The van der Waals surface area contributed by atoms with Crippen molar-refractivity contribution < 1.29 is 13.3 Å². The molecule has 23 aromatic rings. The van der Waals surface area contributed by atoms with Crippen molar-refractivity contribution in [3.05, 3.63) is 363 Å². The second-order valence-electron chi connectivity index (χ2n) is 29.5. The molecule has 0 unspecified atom stereocenters. The molecule has 0 atom stereocenters. The summed E-state index contributed by atoms with van der Waals surface area (Å²) in [5.74, 6) is 1.84. The molecule has 1 aliphatic rings. The second-order valence-corrected chi connectivity index (χ2v) is 29.5. The standard InChI is InChI=1S/C52H35N3O.C49H29N3O2/c1-52(2)43-19-8-6-15-37(43)40-30-41-38-16-7-10-21-46(38)54(48(41)31-44(40)52)35-27-28-49-42(29-35)39-18-12-17-36(50(39)56-49)32-23-25-34(26-24-32)55-47-22-11-9-20-45(47)53-51(55)33-13-4-3-5-14-33;1-2-11-32(12-3-1)52-43-19-8-6-17-41(43)50-49(52)31-23-21-30(22-24-31)34-15-10-16-37-39-27-33(25-26-46(39)54-48(34)37)51-42-18-7-4-13-35(42)38-28-40-36-14-5-9-20-45(36)53-47(40)29-44(38)51/h3-31H,1-2H3;1-29H. The van der Waals surface area contributed by atoms with Crippen molar-refractivity contribution in [3.8, 4) is 78.9 Å². The van der Waals surface area contributed by atoms with Crippen LogP contribution >= 0.6 is 0 Å². The van der Waals surface area contributed by atoms with Gasteiger partial charge in [-0.25, -0.2) is 9.97 Å². The zero-order valence-electron chi connectivity index (χ0n) is 59.9. The van der Waals surface area contributed by atoms with Crippen LogP contribution in [0, 0.1) is 0 Å². The van der Waals surface area contributed by atoms with Gasteiger partial charge >= 0.3 is 0 Å². The third-order valence-corrected chi connectivity index (χ3v) is 23.1. The maximum absolute atomic E-state index is 6.72. The molecular weight excluding hydrogens is 1350 g/mol. The molecule has 0 bridgehead atoms. The van der Waals surface area contributed by atoms with Gasteiger partial charge in [-0.05, 0) is 155 Å². The highest BCUT2D eigenvalue weighted by atomic mass is 16.3. The first kappa shape index (κ1) is 61.7. The minimum absolute atomic E-state index is 0.0859. The van der Waals surface area contributed by atoms with Gasteiger partial charge in [-0.2, -0.15) is 0 Å². The number of furan rings is 3. The molecule has 0 aliphatic heterocycles. The van der Waals surface area contributed by atoms with Crippen LogP contribution in [0.15, 0.2) is 365 Å². The molecule has 7 heterocycles. The van der Waals surface area contributed by atoms with Crippen molar-refractivity contribution >= 4 is 131 Å². The predicted molar refractivity (Wildman–Crippen MR) is 452 cm³/mol. The second kappa shape index (κ2) is 23.7. The molecule has 7 aromatic heterocycles. The molecular formula is C101H64N6O3. The zero-order chi connectivity index (χ0) is 72.5. The van der Waals surface area contributed by atoms with E-state index in [9.17, 15) is 0 Å². The smallest absolute Gasteiger partial charge is 0.145 e. The largest absolute Gasteiger partial charge is 0.456 e. The summed E-state index contributed by atoms with van der Waals surface area (Å²) >= 11 is 0. The van der Waals surface area contributed by atoms with Crippen LogP contribution in [0.3, 0.4) is 0 Å². The van der Waals surface area contributed by atoms with E-state index >= 15 is 0 Å². The number of imidazole rings is 2. The quantitative estimate of drug-likeness (QED) is 0.151. The molecule has 1 aliphatic carbocycles. The number of para-hydroxylation sites is 10. The molecule has 0 fully saturated rings. The molecule has 0 N–H and O–H groups in total. The Bertz CT molecular complexity index is 7730. The molecule has 0 amide bonds. The molecule has 9 heteroatoms. The molecule has 16 aromatic carbocycles. The normalized spacial score (nSPS) is 12.7. The summed E-state index contributed by atoms with van der Waals surface area (Å²) in [5.41, 5.74) is 30.2. The van der Waals surface area contributed by atoms with Gasteiger partial charge in [-0.3, -0.25) is 9.13 Å². The molecule has 0 radical (unpaired) electrons. The highest BCUT2D eigenvalue weighted by Crippen LogP contribution is 2.52. The Balaban J connectivity index is 0.000000132. The van der Waals surface area contributed by atoms with Gasteiger partial charge in [0.05, 0.1) is 44.1 Å². The summed E-state index contributed by atoms with van der Waals surface area (Å²) in [4.78, 5) is 10.1. The summed E-state index contributed by atoms with van der Waals surface area (Å²) in [6.45, 7) is 4.71. The third-order valence-electron chi connectivity index (χ3n) is 23.1. The maximum atomic E-state index is 6.72. The van der Waals surface area contributed by atoms with Crippen molar-refractivity contribution in [3.63, 3.8) is 0 Å². The molecule has 516 valence electrons. The van der Waals surface area contributed by atoms with E-state index in [1.807, 2.05) is 36.4 Å². The lowest BCUT2D eigenvalue weighted by atomic mass is 9.82. The summed E-state index contributed by atoms with van der Waals surface area (Å²) in [6.07, 6.45) is 0. The molecule has 110 heavy (non-hydrogen) atoms. The third kappa shape index (κ3) is 9.28. The van der Waals surface area contributed by atoms with Gasteiger partial charge in [-0.15, -0.1) is 0 Å². The van der Waals surface area contributed by atoms with Crippen LogP contribution < -0.4 is 0 Å². The number of hydrogen-bond donors (Lipinski definition) is 0. The number of fused-ring (bicyclic) bond motifs is 20. The van der Waals surface area contributed by atoms with Crippen molar-refractivity contribution in [2.45, 2.75) is 19.3 Å². The molecule has 0 spiro atoms. The van der Waals surface area contributed by atoms with Gasteiger partial charge < -0.3 is 22.4 Å². The van der Waals surface area contributed by atoms with E-state index in [2.05, 4.69) is 348 Å². The first-order chi connectivity index (χ1) is 54.3. The Morgan fingerprint density at radius 1 is 0.227 bits per heavy atom. The number of hydrogen-bond acceptors (Lipinski definition) is 5. The van der Waals surface area contributed by atoms with E-state index in [4.69, 9.17) is 23.2 Å². The van der Waals surface area contributed by atoms with E-state index in [0.29, 0.717) is 0 Å². The Morgan fingerprint density at radius 2 is 0.655 bits per heavy atom. The molecule has 0 saturated heterocycles. The van der Waals surface area contributed by atoms with Crippen LogP contribution in [0.4, 0.5) is 0 Å². The molecule has 0 saturated carbocycles. The fraction of sp³-hybridized carbons (Fsp3) is 0.0297. The maximum Gasteiger partial charge on any atom is 0.145 e. The van der Waals surface area contributed by atoms with Gasteiger partial charge in [0.2, 0.25) is 0 Å². The van der Waals surface area contributed by atoms with Crippen LogP contribution in [0.2, 0.25) is 0 Å². The summed E-state index contributed by atoms with van der Waals surface area (Å²) in [6, 6.07) is 125. The van der Waals surface area contributed by atoms with Gasteiger partial charge in [0.25, 0.3) is 0 Å². The van der Waals surface area contributed by atoms with E-state index in [1.54, 1.807) is 0 Å². The lowest BCUT2D eigenvalue weighted by molar-refractivity contribution is 0.661.